The van der Waals surface area contributed by atoms with Gasteiger partial charge in [0.15, 0.2) is 12.3 Å². The van der Waals surface area contributed by atoms with E-state index >= 15 is 0 Å². The van der Waals surface area contributed by atoms with Crippen LogP contribution in [0.5, 0.6) is 0 Å². The lowest BCUT2D eigenvalue weighted by atomic mass is 9.95. The summed E-state index contributed by atoms with van der Waals surface area (Å²) < 4.78 is 20.3. The normalized spacial score (nSPS) is 13.8. The number of benzene rings is 2. The lowest BCUT2D eigenvalue weighted by Crippen LogP contribution is -2.31. The molecular weight excluding hydrogens is 433 g/mol. The third-order valence-corrected chi connectivity index (χ3v) is 5.74. The van der Waals surface area contributed by atoms with E-state index in [1.165, 1.54) is 12.1 Å². The van der Waals surface area contributed by atoms with Gasteiger partial charge in [0.05, 0.1) is 11.7 Å². The number of carbonyl (C=O) groups is 2. The maximum absolute atomic E-state index is 13.3. The summed E-state index contributed by atoms with van der Waals surface area (Å²) in [5.74, 6) is -1.40. The molecule has 0 saturated carbocycles. The molecule has 1 N–H and O–H groups in total. The molecule has 0 fully saturated rings. The van der Waals surface area contributed by atoms with E-state index in [1.54, 1.807) is 35.0 Å². The molecule has 2 aromatic carbocycles. The molecule has 1 unspecified atom stereocenters. The van der Waals surface area contributed by atoms with E-state index in [0.717, 1.165) is 36.1 Å². The van der Waals surface area contributed by atoms with Gasteiger partial charge < -0.3 is 10.1 Å². The second-order valence-corrected chi connectivity index (χ2v) is 8.23. The van der Waals surface area contributed by atoms with Gasteiger partial charge in [0.2, 0.25) is 0 Å². The Kier molecular flexibility index (Phi) is 6.55. The van der Waals surface area contributed by atoms with Crippen LogP contribution in [0.15, 0.2) is 48.5 Å². The van der Waals surface area contributed by atoms with Crippen LogP contribution in [0.2, 0.25) is 5.02 Å². The Bertz CT molecular complexity index is 1140. The van der Waals surface area contributed by atoms with Gasteiger partial charge in [-0.15, -0.1) is 0 Å². The van der Waals surface area contributed by atoms with Crippen LogP contribution in [0.25, 0.3) is 5.69 Å². The maximum atomic E-state index is 13.3. The first-order valence-electron chi connectivity index (χ1n) is 10.5. The van der Waals surface area contributed by atoms with E-state index in [9.17, 15) is 14.0 Å². The zero-order valence-corrected chi connectivity index (χ0v) is 18.4. The number of carbonyl (C=O) groups excluding carboxylic acids is 2. The number of hydrogen-bond donors (Lipinski definition) is 1. The van der Waals surface area contributed by atoms with Crippen molar-refractivity contribution in [3.63, 3.8) is 0 Å². The van der Waals surface area contributed by atoms with Crippen LogP contribution in [0.4, 0.5) is 4.39 Å². The highest BCUT2D eigenvalue weighted by Gasteiger charge is 2.27. The van der Waals surface area contributed by atoms with E-state index in [-0.39, 0.29) is 17.6 Å². The molecule has 0 radical (unpaired) electrons. The average Bonchev–Trinajstić information content (AvgIpc) is 3.18. The zero-order valence-electron chi connectivity index (χ0n) is 17.6. The molecule has 0 spiro atoms. The first kappa shape index (κ1) is 22.0. The maximum Gasteiger partial charge on any atom is 0.359 e. The smallest absolute Gasteiger partial charge is 0.359 e. The fourth-order valence-electron chi connectivity index (χ4n) is 3.90. The molecule has 6 nitrogen and oxygen atoms in total. The highest BCUT2D eigenvalue weighted by atomic mass is 35.5. The number of amides is 1. The van der Waals surface area contributed by atoms with Crippen molar-refractivity contribution < 1.29 is 18.7 Å². The van der Waals surface area contributed by atoms with Crippen LogP contribution in [-0.2, 0) is 22.4 Å². The number of nitrogens with one attached hydrogen (secondary N) is 1. The Labute approximate surface area is 190 Å². The molecule has 1 amide bonds. The van der Waals surface area contributed by atoms with E-state index in [1.807, 2.05) is 13.0 Å². The molecule has 0 aliphatic heterocycles. The predicted octanol–water partition coefficient (Wildman–Crippen LogP) is 4.58. The Hall–Kier alpha value is -3.19. The Morgan fingerprint density at radius 2 is 1.94 bits per heavy atom. The summed E-state index contributed by atoms with van der Waals surface area (Å²) in [7, 11) is 0. The van der Waals surface area contributed by atoms with Crippen molar-refractivity contribution in [2.45, 2.75) is 38.6 Å². The SMILES string of the molecule is CC(NC(=O)COC(=O)c1nn(-c2ccc(F)cc2)c2c1CCCC2)c1cccc(Cl)c1. The number of aromatic nitrogens is 2. The van der Waals surface area contributed by atoms with Gasteiger partial charge in [0, 0.05) is 16.3 Å². The average molecular weight is 456 g/mol. The lowest BCUT2D eigenvalue weighted by molar-refractivity contribution is -0.124. The Balaban J connectivity index is 1.45. The highest BCUT2D eigenvalue weighted by molar-refractivity contribution is 6.30. The number of fused-ring (bicyclic) bond motifs is 1. The fourth-order valence-corrected chi connectivity index (χ4v) is 4.10. The third kappa shape index (κ3) is 4.83. The van der Waals surface area contributed by atoms with Gasteiger partial charge in [0.25, 0.3) is 5.91 Å². The quantitative estimate of drug-likeness (QED) is 0.552. The van der Waals surface area contributed by atoms with Gasteiger partial charge in [-0.2, -0.15) is 5.10 Å². The van der Waals surface area contributed by atoms with Gasteiger partial charge >= 0.3 is 5.97 Å². The summed E-state index contributed by atoms with van der Waals surface area (Å²) >= 11 is 6.00. The monoisotopic (exact) mass is 455 g/mol. The van der Waals surface area contributed by atoms with Crippen molar-refractivity contribution in [1.29, 1.82) is 0 Å². The molecule has 32 heavy (non-hydrogen) atoms. The largest absolute Gasteiger partial charge is 0.451 e. The van der Waals surface area contributed by atoms with Crippen molar-refractivity contribution in [2.24, 2.45) is 0 Å². The number of halogens is 2. The van der Waals surface area contributed by atoms with Crippen molar-refractivity contribution in [1.82, 2.24) is 15.1 Å². The Morgan fingerprint density at radius 3 is 2.69 bits per heavy atom. The summed E-state index contributed by atoms with van der Waals surface area (Å²) in [6.07, 6.45) is 3.40. The van der Waals surface area contributed by atoms with Gasteiger partial charge in [-0.05, 0) is 74.6 Å². The summed E-state index contributed by atoms with van der Waals surface area (Å²) in [5, 5.41) is 7.83. The fraction of sp³-hybridized carbons (Fsp3) is 0.292. The number of hydrogen-bond acceptors (Lipinski definition) is 4. The molecule has 8 heteroatoms. The number of esters is 1. The molecule has 1 aromatic heterocycles. The molecule has 1 heterocycles. The van der Waals surface area contributed by atoms with E-state index < -0.39 is 18.5 Å². The predicted molar refractivity (Wildman–Crippen MR) is 118 cm³/mol. The van der Waals surface area contributed by atoms with Gasteiger partial charge in [-0.3, -0.25) is 4.79 Å². The van der Waals surface area contributed by atoms with E-state index in [0.29, 0.717) is 17.1 Å². The molecule has 0 bridgehead atoms. The van der Waals surface area contributed by atoms with Gasteiger partial charge in [-0.1, -0.05) is 23.7 Å². The van der Waals surface area contributed by atoms with Crippen LogP contribution in [0.1, 0.15) is 53.1 Å². The molecule has 166 valence electrons. The van der Waals surface area contributed by atoms with Crippen LogP contribution in [0.3, 0.4) is 0 Å². The summed E-state index contributed by atoms with van der Waals surface area (Å²) in [4.78, 5) is 25.1. The van der Waals surface area contributed by atoms with Gasteiger partial charge in [-0.25, -0.2) is 13.9 Å². The van der Waals surface area contributed by atoms with E-state index in [4.69, 9.17) is 16.3 Å². The first-order valence-corrected chi connectivity index (χ1v) is 10.9. The van der Waals surface area contributed by atoms with Gasteiger partial charge in [0.1, 0.15) is 5.82 Å². The Morgan fingerprint density at radius 1 is 1.19 bits per heavy atom. The molecule has 1 aliphatic rings. The van der Waals surface area contributed by atoms with Crippen molar-refractivity contribution in [2.75, 3.05) is 6.61 Å². The van der Waals surface area contributed by atoms with E-state index in [2.05, 4.69) is 10.4 Å². The minimum Gasteiger partial charge on any atom is -0.451 e. The van der Waals surface area contributed by atoms with Crippen LogP contribution >= 0.6 is 11.6 Å². The minimum atomic E-state index is -0.644. The molecule has 4 rings (SSSR count). The van der Waals surface area contributed by atoms with Crippen molar-refractivity contribution >= 4 is 23.5 Å². The molecule has 1 atom stereocenters. The summed E-state index contributed by atoms with van der Waals surface area (Å²) in [5.41, 5.74) is 3.49. The third-order valence-electron chi connectivity index (χ3n) is 5.51. The van der Waals surface area contributed by atoms with Crippen LogP contribution < -0.4 is 5.32 Å². The summed E-state index contributed by atoms with van der Waals surface area (Å²) in [6.45, 7) is 1.41. The summed E-state index contributed by atoms with van der Waals surface area (Å²) in [6, 6.07) is 12.9. The lowest BCUT2D eigenvalue weighted by Gasteiger charge is -2.15. The number of nitrogens with zero attached hydrogens (tertiary/aromatic N) is 2. The van der Waals surface area contributed by atoms with Crippen molar-refractivity contribution in [3.05, 3.63) is 81.9 Å². The highest BCUT2D eigenvalue weighted by Crippen LogP contribution is 2.27. The molecule has 3 aromatic rings. The number of rotatable bonds is 6. The minimum absolute atomic E-state index is 0.208. The molecule has 0 saturated heterocycles. The van der Waals surface area contributed by atoms with Crippen LogP contribution in [0, 0.1) is 5.82 Å². The molecule has 1 aliphatic carbocycles. The molecular formula is C24H23ClFN3O3. The topological polar surface area (TPSA) is 73.2 Å². The van der Waals surface area contributed by atoms with Crippen LogP contribution in [-0.4, -0.2) is 28.3 Å². The standard InChI is InChI=1S/C24H23ClFN3O3/c1-15(16-5-4-6-17(25)13-16)27-22(30)14-32-24(31)23-20-7-2-3-8-21(20)29(28-23)19-11-9-18(26)10-12-19/h4-6,9-13,15H,2-3,7-8,14H2,1H3,(H,27,30). The second-order valence-electron chi connectivity index (χ2n) is 7.79. The number of ether oxygens (including phenoxy) is 1. The second kappa shape index (κ2) is 9.53. The van der Waals surface area contributed by atoms with Crippen molar-refractivity contribution in [3.8, 4) is 5.69 Å². The first-order chi connectivity index (χ1) is 15.4. The zero-order chi connectivity index (χ0) is 22.7.